The number of carbonyl (C=O) groups excluding carboxylic acids is 1. The molecule has 1 amide bonds. The van der Waals surface area contributed by atoms with Crippen LogP contribution in [0.15, 0.2) is 22.1 Å². The largest absolute Gasteiger partial charge is 0.379 e. The van der Waals surface area contributed by atoms with Crippen molar-refractivity contribution in [2.45, 2.75) is 6.54 Å². The standard InChI is InChI=1S/C12H15N5O2S/c13-11-10(14-19-15-11)12(18)17-5-3-16(4-6-17)8-9-2-1-7-20-9/h1-2,7H,3-6,8H2,(H2,13,15). The molecule has 1 aliphatic heterocycles. The van der Waals surface area contributed by atoms with Crippen LogP contribution < -0.4 is 5.73 Å². The van der Waals surface area contributed by atoms with Crippen molar-refractivity contribution in [3.8, 4) is 0 Å². The van der Waals surface area contributed by atoms with E-state index in [1.54, 1.807) is 16.2 Å². The minimum absolute atomic E-state index is 0.0519. The highest BCUT2D eigenvalue weighted by atomic mass is 32.1. The summed E-state index contributed by atoms with van der Waals surface area (Å²) in [6.45, 7) is 3.95. The monoisotopic (exact) mass is 293 g/mol. The number of rotatable bonds is 3. The second-order valence-electron chi connectivity index (χ2n) is 4.65. The molecule has 0 aromatic carbocycles. The van der Waals surface area contributed by atoms with Crippen LogP contribution in [0.3, 0.4) is 0 Å². The lowest BCUT2D eigenvalue weighted by Gasteiger charge is -2.34. The van der Waals surface area contributed by atoms with Crippen LogP contribution in [-0.4, -0.2) is 52.2 Å². The fourth-order valence-electron chi connectivity index (χ4n) is 2.23. The molecular weight excluding hydrogens is 278 g/mol. The van der Waals surface area contributed by atoms with Gasteiger partial charge in [0.2, 0.25) is 11.5 Å². The van der Waals surface area contributed by atoms with Crippen LogP contribution in [0, 0.1) is 0 Å². The van der Waals surface area contributed by atoms with Gasteiger partial charge in [0, 0.05) is 37.6 Å². The van der Waals surface area contributed by atoms with Crippen LogP contribution in [0.4, 0.5) is 5.82 Å². The zero-order valence-electron chi connectivity index (χ0n) is 10.9. The smallest absolute Gasteiger partial charge is 0.280 e. The van der Waals surface area contributed by atoms with E-state index in [1.807, 2.05) is 0 Å². The first-order valence-electron chi connectivity index (χ1n) is 6.36. The van der Waals surface area contributed by atoms with E-state index in [2.05, 4.69) is 37.4 Å². The van der Waals surface area contributed by atoms with Gasteiger partial charge < -0.3 is 10.6 Å². The molecule has 3 heterocycles. The molecule has 2 N–H and O–H groups in total. The van der Waals surface area contributed by atoms with E-state index < -0.39 is 0 Å². The Labute approximate surface area is 119 Å². The number of anilines is 1. The normalized spacial score (nSPS) is 16.5. The van der Waals surface area contributed by atoms with Gasteiger partial charge >= 0.3 is 0 Å². The maximum absolute atomic E-state index is 12.2. The van der Waals surface area contributed by atoms with Gasteiger partial charge in [-0.1, -0.05) is 6.07 Å². The Morgan fingerprint density at radius 3 is 2.75 bits per heavy atom. The minimum atomic E-state index is -0.209. The maximum atomic E-state index is 12.2. The van der Waals surface area contributed by atoms with E-state index in [0.29, 0.717) is 13.1 Å². The molecule has 0 unspecified atom stereocenters. The summed E-state index contributed by atoms with van der Waals surface area (Å²) in [5.74, 6) is -0.157. The number of piperazine rings is 1. The third-order valence-corrected chi connectivity index (χ3v) is 4.20. The number of hydrogen-bond acceptors (Lipinski definition) is 7. The predicted molar refractivity (Wildman–Crippen MR) is 74.2 cm³/mol. The lowest BCUT2D eigenvalue weighted by molar-refractivity contribution is 0.0620. The molecule has 0 bridgehead atoms. The van der Waals surface area contributed by atoms with Gasteiger partial charge in [0.15, 0.2) is 0 Å². The lowest BCUT2D eigenvalue weighted by Crippen LogP contribution is -2.48. The van der Waals surface area contributed by atoms with Gasteiger partial charge in [-0.15, -0.1) is 11.3 Å². The quantitative estimate of drug-likeness (QED) is 0.895. The van der Waals surface area contributed by atoms with E-state index in [-0.39, 0.29) is 17.4 Å². The molecule has 7 nitrogen and oxygen atoms in total. The molecule has 3 rings (SSSR count). The van der Waals surface area contributed by atoms with E-state index in [0.717, 1.165) is 19.6 Å². The summed E-state index contributed by atoms with van der Waals surface area (Å²) in [5.41, 5.74) is 5.65. The highest BCUT2D eigenvalue weighted by Gasteiger charge is 2.26. The van der Waals surface area contributed by atoms with Gasteiger partial charge in [-0.05, 0) is 21.8 Å². The van der Waals surface area contributed by atoms with Crippen molar-refractivity contribution in [3.05, 3.63) is 28.1 Å². The van der Waals surface area contributed by atoms with E-state index in [4.69, 9.17) is 5.73 Å². The molecule has 1 saturated heterocycles. The Hall–Kier alpha value is -1.93. The van der Waals surface area contributed by atoms with Crippen molar-refractivity contribution in [1.29, 1.82) is 0 Å². The molecule has 20 heavy (non-hydrogen) atoms. The van der Waals surface area contributed by atoms with Crippen LogP contribution >= 0.6 is 11.3 Å². The van der Waals surface area contributed by atoms with E-state index in [1.165, 1.54) is 4.88 Å². The highest BCUT2D eigenvalue weighted by molar-refractivity contribution is 7.09. The van der Waals surface area contributed by atoms with Crippen molar-refractivity contribution in [3.63, 3.8) is 0 Å². The summed E-state index contributed by atoms with van der Waals surface area (Å²) in [4.78, 5) is 17.6. The van der Waals surface area contributed by atoms with Crippen molar-refractivity contribution in [1.82, 2.24) is 20.1 Å². The summed E-state index contributed by atoms with van der Waals surface area (Å²) in [6, 6.07) is 4.18. The average Bonchev–Trinajstić information content (AvgIpc) is 3.10. The van der Waals surface area contributed by atoms with Gasteiger partial charge in [0.1, 0.15) is 0 Å². The molecule has 2 aromatic heterocycles. The number of carbonyl (C=O) groups is 1. The fourth-order valence-corrected chi connectivity index (χ4v) is 2.97. The molecule has 8 heteroatoms. The van der Waals surface area contributed by atoms with Crippen LogP contribution in [0.5, 0.6) is 0 Å². The minimum Gasteiger partial charge on any atom is -0.379 e. The molecular formula is C12H15N5O2S. The van der Waals surface area contributed by atoms with Gasteiger partial charge in [0.05, 0.1) is 0 Å². The third kappa shape index (κ3) is 2.66. The molecule has 2 aromatic rings. The summed E-state index contributed by atoms with van der Waals surface area (Å²) in [5, 5.41) is 9.07. The van der Waals surface area contributed by atoms with Crippen LogP contribution in [-0.2, 0) is 6.54 Å². The average molecular weight is 293 g/mol. The van der Waals surface area contributed by atoms with Crippen molar-refractivity contribution < 1.29 is 9.42 Å². The topological polar surface area (TPSA) is 88.5 Å². The second-order valence-corrected chi connectivity index (χ2v) is 5.68. The number of thiophene rings is 1. The highest BCUT2D eigenvalue weighted by Crippen LogP contribution is 2.15. The molecule has 0 spiro atoms. The second kappa shape index (κ2) is 5.59. The number of amides is 1. The van der Waals surface area contributed by atoms with Crippen LogP contribution in [0.2, 0.25) is 0 Å². The number of nitrogens with zero attached hydrogens (tertiary/aromatic N) is 4. The Kier molecular flexibility index (Phi) is 3.66. The number of nitrogen functional groups attached to an aromatic ring is 1. The summed E-state index contributed by atoms with van der Waals surface area (Å²) >= 11 is 1.75. The predicted octanol–water partition coefficient (Wildman–Crippen LogP) is 0.671. The summed E-state index contributed by atoms with van der Waals surface area (Å²) in [7, 11) is 0. The van der Waals surface area contributed by atoms with Crippen molar-refractivity contribution in [2.24, 2.45) is 0 Å². The van der Waals surface area contributed by atoms with Gasteiger partial charge in [-0.25, -0.2) is 4.63 Å². The molecule has 0 saturated carbocycles. The van der Waals surface area contributed by atoms with Gasteiger partial charge in [-0.3, -0.25) is 9.69 Å². The Morgan fingerprint density at radius 1 is 1.35 bits per heavy atom. The van der Waals surface area contributed by atoms with E-state index in [9.17, 15) is 4.79 Å². The lowest BCUT2D eigenvalue weighted by atomic mass is 10.2. The number of aromatic nitrogens is 2. The van der Waals surface area contributed by atoms with Crippen LogP contribution in [0.1, 0.15) is 15.4 Å². The van der Waals surface area contributed by atoms with Gasteiger partial charge in [0.25, 0.3) is 5.91 Å². The fraction of sp³-hybridized carbons (Fsp3) is 0.417. The summed E-state index contributed by atoms with van der Waals surface area (Å²) < 4.78 is 4.47. The van der Waals surface area contributed by atoms with Crippen molar-refractivity contribution in [2.75, 3.05) is 31.9 Å². The third-order valence-electron chi connectivity index (χ3n) is 3.34. The molecule has 0 radical (unpaired) electrons. The van der Waals surface area contributed by atoms with E-state index >= 15 is 0 Å². The molecule has 1 aliphatic rings. The number of hydrogen-bond donors (Lipinski definition) is 1. The van der Waals surface area contributed by atoms with Gasteiger partial charge in [-0.2, -0.15) is 0 Å². The first kappa shape index (κ1) is 13.1. The zero-order valence-corrected chi connectivity index (χ0v) is 11.7. The first-order chi connectivity index (χ1) is 9.74. The molecule has 0 aliphatic carbocycles. The van der Waals surface area contributed by atoms with Crippen molar-refractivity contribution >= 4 is 23.1 Å². The first-order valence-corrected chi connectivity index (χ1v) is 7.24. The molecule has 1 fully saturated rings. The molecule has 106 valence electrons. The zero-order chi connectivity index (χ0) is 13.9. The molecule has 0 atom stereocenters. The summed E-state index contributed by atoms with van der Waals surface area (Å²) in [6.07, 6.45) is 0. The SMILES string of the molecule is Nc1nonc1C(=O)N1CCN(Cc2cccs2)CC1. The maximum Gasteiger partial charge on any atom is 0.280 e. The Balaban J connectivity index is 1.56. The Bertz CT molecular complexity index is 574. The van der Waals surface area contributed by atoms with Crippen LogP contribution in [0.25, 0.3) is 0 Å². The number of nitrogens with two attached hydrogens (primary N) is 1. The Morgan fingerprint density at radius 2 is 2.15 bits per heavy atom.